The van der Waals surface area contributed by atoms with Crippen LogP contribution in [0.1, 0.15) is 5.56 Å². The number of rotatable bonds is 6. The lowest BCUT2D eigenvalue weighted by atomic mass is 10.1. The van der Waals surface area contributed by atoms with Crippen LogP contribution in [-0.2, 0) is 6.42 Å². The van der Waals surface area contributed by atoms with Crippen LogP contribution in [0.4, 0.5) is 22.0 Å². The quantitative estimate of drug-likeness (QED) is 0.125. The molecule has 32 heavy (non-hydrogen) atoms. The van der Waals surface area contributed by atoms with Gasteiger partial charge in [-0.15, -0.1) is 0 Å². The second kappa shape index (κ2) is 9.08. The Morgan fingerprint density at radius 1 is 0.438 bits per heavy atom. The SMILES string of the molecule is Fc1c(F)c(F)c(CC[Si](c2ccccc2)(c2ccccc2)c2ccccc2)c(F)c1F. The monoisotopic (exact) mass is 454 g/mol. The first kappa shape index (κ1) is 22.0. The average Bonchev–Trinajstić information content (AvgIpc) is 2.85. The molecular formula is C26H19F5Si. The fourth-order valence-corrected chi connectivity index (χ4v) is 9.06. The second-order valence-corrected chi connectivity index (χ2v) is 11.6. The molecule has 0 N–H and O–H groups in total. The first-order valence-electron chi connectivity index (χ1n) is 10.1. The Labute approximate surface area is 184 Å². The van der Waals surface area contributed by atoms with E-state index in [2.05, 4.69) is 0 Å². The third-order valence-corrected chi connectivity index (χ3v) is 10.8. The Bertz CT molecular complexity index is 1090. The summed E-state index contributed by atoms with van der Waals surface area (Å²) in [5.74, 6) is -9.49. The van der Waals surface area contributed by atoms with Crippen LogP contribution in [0.15, 0.2) is 91.0 Å². The van der Waals surface area contributed by atoms with Gasteiger partial charge in [0.25, 0.3) is 0 Å². The van der Waals surface area contributed by atoms with Crippen LogP contribution in [0.2, 0.25) is 6.04 Å². The van der Waals surface area contributed by atoms with E-state index in [9.17, 15) is 22.0 Å². The molecule has 0 unspecified atom stereocenters. The minimum atomic E-state index is -2.87. The fourth-order valence-electron chi connectivity index (χ4n) is 4.28. The number of hydrogen-bond donors (Lipinski definition) is 0. The van der Waals surface area contributed by atoms with Gasteiger partial charge in [0.15, 0.2) is 23.3 Å². The molecule has 0 amide bonds. The van der Waals surface area contributed by atoms with Gasteiger partial charge in [-0.2, -0.15) is 0 Å². The third-order valence-electron chi connectivity index (χ3n) is 5.85. The van der Waals surface area contributed by atoms with Crippen molar-refractivity contribution >= 4 is 23.6 Å². The maximum atomic E-state index is 14.5. The summed E-state index contributed by atoms with van der Waals surface area (Å²) in [6.45, 7) is 0. The molecule has 0 saturated carbocycles. The summed E-state index contributed by atoms with van der Waals surface area (Å²) < 4.78 is 70.2. The molecule has 0 aliphatic carbocycles. The van der Waals surface area contributed by atoms with Crippen LogP contribution < -0.4 is 15.6 Å². The lowest BCUT2D eigenvalue weighted by molar-refractivity contribution is 0.370. The smallest absolute Gasteiger partial charge is 0.200 e. The summed E-state index contributed by atoms with van der Waals surface area (Å²) in [7, 11) is -2.87. The lowest BCUT2D eigenvalue weighted by Crippen LogP contribution is -2.67. The molecule has 0 aliphatic rings. The van der Waals surface area contributed by atoms with Crippen molar-refractivity contribution in [3.63, 3.8) is 0 Å². The second-order valence-electron chi connectivity index (χ2n) is 7.55. The molecule has 0 saturated heterocycles. The Morgan fingerprint density at radius 3 is 1.09 bits per heavy atom. The Hall–Kier alpha value is -3.25. The summed E-state index contributed by atoms with van der Waals surface area (Å²) in [5, 5.41) is 2.96. The van der Waals surface area contributed by atoms with Crippen molar-refractivity contribution < 1.29 is 22.0 Å². The van der Waals surface area contributed by atoms with Crippen molar-refractivity contribution in [2.45, 2.75) is 12.5 Å². The van der Waals surface area contributed by atoms with Gasteiger partial charge < -0.3 is 0 Å². The molecule has 6 heteroatoms. The summed E-state index contributed by atoms with van der Waals surface area (Å²) in [6.07, 6.45) is -0.295. The van der Waals surface area contributed by atoms with E-state index in [1.54, 1.807) is 0 Å². The van der Waals surface area contributed by atoms with Crippen LogP contribution >= 0.6 is 0 Å². The summed E-state index contributed by atoms with van der Waals surface area (Å²) in [5.41, 5.74) is -0.777. The van der Waals surface area contributed by atoms with Gasteiger partial charge >= 0.3 is 0 Å². The molecule has 0 radical (unpaired) electrons. The van der Waals surface area contributed by atoms with E-state index in [0.29, 0.717) is 0 Å². The van der Waals surface area contributed by atoms with Crippen molar-refractivity contribution in [3.05, 3.63) is 126 Å². The first-order chi connectivity index (χ1) is 15.5. The highest BCUT2D eigenvalue weighted by molar-refractivity contribution is 7.11. The Balaban J connectivity index is 1.92. The Morgan fingerprint density at radius 2 is 0.750 bits per heavy atom. The largest absolute Gasteiger partial charge is 0.203 e. The maximum absolute atomic E-state index is 14.5. The molecule has 0 aromatic heterocycles. The molecular weight excluding hydrogens is 435 g/mol. The summed E-state index contributed by atoms with van der Waals surface area (Å²) in [6, 6.07) is 29.0. The zero-order valence-electron chi connectivity index (χ0n) is 17.0. The van der Waals surface area contributed by atoms with E-state index in [0.717, 1.165) is 15.6 Å². The van der Waals surface area contributed by atoms with Gasteiger partial charge in [0.05, 0.1) is 0 Å². The van der Waals surface area contributed by atoms with Gasteiger partial charge in [-0.1, -0.05) is 91.0 Å². The number of halogens is 5. The third kappa shape index (κ3) is 3.75. The molecule has 0 fully saturated rings. The average molecular weight is 455 g/mol. The zero-order valence-corrected chi connectivity index (χ0v) is 18.0. The van der Waals surface area contributed by atoms with Crippen LogP contribution in [-0.4, -0.2) is 8.07 Å². The van der Waals surface area contributed by atoms with Crippen molar-refractivity contribution in [1.82, 2.24) is 0 Å². The molecule has 0 bridgehead atoms. The van der Waals surface area contributed by atoms with E-state index in [1.807, 2.05) is 91.0 Å². The molecule has 162 valence electrons. The van der Waals surface area contributed by atoms with Crippen molar-refractivity contribution in [3.8, 4) is 0 Å². The standard InChI is InChI=1S/C26H19F5Si/c27-22-21(23(28)25(30)26(31)24(22)29)16-17-32(18-10-4-1-5-11-18,19-12-6-2-7-13-19)20-14-8-3-9-15-20/h1-15H,16-17H2. The molecule has 0 nitrogen and oxygen atoms in total. The van der Waals surface area contributed by atoms with Crippen LogP contribution in [0.25, 0.3) is 0 Å². The van der Waals surface area contributed by atoms with Gasteiger partial charge in [0.2, 0.25) is 5.82 Å². The molecule has 0 spiro atoms. The van der Waals surface area contributed by atoms with Crippen molar-refractivity contribution in [2.75, 3.05) is 0 Å². The minimum absolute atomic E-state index is 0.226. The Kier molecular flexibility index (Phi) is 6.23. The highest BCUT2D eigenvalue weighted by atomic mass is 28.3. The molecule has 4 aromatic carbocycles. The summed E-state index contributed by atoms with van der Waals surface area (Å²) >= 11 is 0. The topological polar surface area (TPSA) is 0 Å². The van der Waals surface area contributed by atoms with Gasteiger partial charge in [0, 0.05) is 5.56 Å². The molecule has 4 aromatic rings. The highest BCUT2D eigenvalue weighted by Crippen LogP contribution is 2.26. The van der Waals surface area contributed by atoms with E-state index < -0.39 is 42.7 Å². The number of benzene rings is 4. The minimum Gasteiger partial charge on any atom is -0.203 e. The molecule has 0 atom stereocenters. The highest BCUT2D eigenvalue weighted by Gasteiger charge is 2.39. The first-order valence-corrected chi connectivity index (χ1v) is 12.3. The molecule has 4 rings (SSSR count). The zero-order chi connectivity index (χ0) is 22.7. The van der Waals surface area contributed by atoms with Gasteiger partial charge in [-0.3, -0.25) is 0 Å². The predicted octanol–water partition coefficient (Wildman–Crippen LogP) is 5.10. The van der Waals surface area contributed by atoms with Gasteiger partial charge in [-0.05, 0) is 28.0 Å². The maximum Gasteiger partial charge on any atom is 0.200 e. The van der Waals surface area contributed by atoms with E-state index in [-0.39, 0.29) is 12.5 Å². The fraction of sp³-hybridized carbons (Fsp3) is 0.0769. The lowest BCUT2D eigenvalue weighted by Gasteiger charge is -2.34. The normalized spacial score (nSPS) is 11.5. The van der Waals surface area contributed by atoms with Crippen LogP contribution in [0.3, 0.4) is 0 Å². The van der Waals surface area contributed by atoms with Crippen molar-refractivity contribution in [2.24, 2.45) is 0 Å². The van der Waals surface area contributed by atoms with Crippen LogP contribution in [0.5, 0.6) is 0 Å². The van der Waals surface area contributed by atoms with Crippen molar-refractivity contribution in [1.29, 1.82) is 0 Å². The molecule has 0 aliphatic heterocycles. The molecule has 0 heterocycles. The van der Waals surface area contributed by atoms with E-state index in [4.69, 9.17) is 0 Å². The number of hydrogen-bond acceptors (Lipinski definition) is 0. The van der Waals surface area contributed by atoms with Gasteiger partial charge in [-0.25, -0.2) is 22.0 Å². The van der Waals surface area contributed by atoms with E-state index >= 15 is 0 Å². The van der Waals surface area contributed by atoms with E-state index in [1.165, 1.54) is 0 Å². The summed E-state index contributed by atoms with van der Waals surface area (Å²) in [4.78, 5) is 0. The van der Waals surface area contributed by atoms with Gasteiger partial charge in [0.1, 0.15) is 8.07 Å². The van der Waals surface area contributed by atoms with Crippen LogP contribution in [0, 0.1) is 29.1 Å². The predicted molar refractivity (Wildman–Crippen MR) is 119 cm³/mol.